The van der Waals surface area contributed by atoms with Crippen molar-refractivity contribution in [3.63, 3.8) is 0 Å². The number of halogens is 2. The van der Waals surface area contributed by atoms with Gasteiger partial charge in [-0.05, 0) is 31.2 Å². The first-order valence-electron chi connectivity index (χ1n) is 10.5. The van der Waals surface area contributed by atoms with Crippen molar-refractivity contribution in [3.05, 3.63) is 52.0 Å². The molecule has 3 heterocycles. The Morgan fingerprint density at radius 2 is 1.91 bits per heavy atom. The van der Waals surface area contributed by atoms with E-state index in [9.17, 15) is 9.59 Å². The molecule has 0 unspecified atom stereocenters. The fourth-order valence-corrected chi connectivity index (χ4v) is 4.18. The topological polar surface area (TPSA) is 93.9 Å². The summed E-state index contributed by atoms with van der Waals surface area (Å²) in [5, 5.41) is 3.59. The number of aromatic nitrogens is 1. The lowest BCUT2D eigenvalue weighted by molar-refractivity contribution is 0.0371. The molecule has 1 saturated heterocycles. The molecule has 33 heavy (non-hydrogen) atoms. The summed E-state index contributed by atoms with van der Waals surface area (Å²) < 4.78 is 16.5. The summed E-state index contributed by atoms with van der Waals surface area (Å²) in [6.45, 7) is 4.01. The molecule has 0 atom stereocenters. The van der Waals surface area contributed by atoms with E-state index in [1.54, 1.807) is 18.2 Å². The van der Waals surface area contributed by atoms with E-state index in [1.807, 2.05) is 0 Å². The highest BCUT2D eigenvalue weighted by Crippen LogP contribution is 2.34. The van der Waals surface area contributed by atoms with Gasteiger partial charge < -0.3 is 19.2 Å². The molecule has 1 aliphatic rings. The molecule has 1 N–H and O–H groups in total. The zero-order valence-corrected chi connectivity index (χ0v) is 19.5. The molecule has 0 radical (unpaired) electrons. The smallest absolute Gasteiger partial charge is 0.256 e. The van der Waals surface area contributed by atoms with E-state index >= 15 is 0 Å². The van der Waals surface area contributed by atoms with Crippen LogP contribution in [0, 0.1) is 0 Å². The Balaban J connectivity index is 1.54. The molecule has 4 rings (SSSR count). The van der Waals surface area contributed by atoms with Gasteiger partial charge in [0.05, 0.1) is 41.6 Å². The summed E-state index contributed by atoms with van der Waals surface area (Å²) in [5.41, 5.74) is 0.879. The van der Waals surface area contributed by atoms with Gasteiger partial charge in [-0.2, -0.15) is 0 Å². The minimum atomic E-state index is -0.454. The number of hydrogen-bond acceptors (Lipinski definition) is 7. The van der Waals surface area contributed by atoms with Crippen LogP contribution in [0.3, 0.4) is 0 Å². The Labute approximate surface area is 200 Å². The summed E-state index contributed by atoms with van der Waals surface area (Å²) in [4.78, 5) is 32.0. The van der Waals surface area contributed by atoms with E-state index in [0.29, 0.717) is 35.1 Å². The predicted molar refractivity (Wildman–Crippen MR) is 126 cm³/mol. The third-order valence-electron chi connectivity index (χ3n) is 5.46. The van der Waals surface area contributed by atoms with Crippen LogP contribution in [0.2, 0.25) is 10.0 Å². The molecule has 0 spiro atoms. The number of nitrogens with one attached hydrogen (secondary N) is 1. The van der Waals surface area contributed by atoms with Crippen molar-refractivity contribution < 1.29 is 23.5 Å². The van der Waals surface area contributed by atoms with Crippen molar-refractivity contribution in [1.29, 1.82) is 0 Å². The number of amides is 1. The third kappa shape index (κ3) is 5.30. The normalized spacial score (nSPS) is 14.4. The van der Waals surface area contributed by atoms with E-state index in [-0.39, 0.29) is 27.3 Å². The SMILES string of the molecule is COc1ccc(C(=O)Nc2c(Cl)cncc2Cl)c2cc(C(=O)CCCN3CCOCC3)oc12. The Morgan fingerprint density at radius 3 is 2.61 bits per heavy atom. The molecule has 2 aromatic heterocycles. The molecule has 1 amide bonds. The summed E-state index contributed by atoms with van der Waals surface area (Å²) >= 11 is 12.2. The van der Waals surface area contributed by atoms with Gasteiger partial charge in [0.2, 0.25) is 0 Å². The highest BCUT2D eigenvalue weighted by Gasteiger charge is 2.22. The van der Waals surface area contributed by atoms with Crippen LogP contribution in [0.5, 0.6) is 5.75 Å². The number of ketones is 1. The number of morpholine rings is 1. The van der Waals surface area contributed by atoms with E-state index in [4.69, 9.17) is 37.1 Å². The fourth-order valence-electron chi connectivity index (χ4n) is 3.72. The summed E-state index contributed by atoms with van der Waals surface area (Å²) in [6, 6.07) is 4.80. The third-order valence-corrected chi connectivity index (χ3v) is 6.03. The summed E-state index contributed by atoms with van der Waals surface area (Å²) in [5.74, 6) is 0.0252. The Hall–Kier alpha value is -2.65. The van der Waals surface area contributed by atoms with Gasteiger partial charge in [0.15, 0.2) is 22.9 Å². The highest BCUT2D eigenvalue weighted by molar-refractivity contribution is 6.39. The Kier molecular flexibility index (Phi) is 7.49. The molecule has 0 saturated carbocycles. The van der Waals surface area contributed by atoms with Crippen LogP contribution in [0.15, 0.2) is 35.0 Å². The van der Waals surface area contributed by atoms with Crippen LogP contribution >= 0.6 is 23.2 Å². The maximum Gasteiger partial charge on any atom is 0.256 e. The van der Waals surface area contributed by atoms with Gasteiger partial charge in [-0.1, -0.05) is 23.2 Å². The van der Waals surface area contributed by atoms with E-state index in [1.165, 1.54) is 19.5 Å². The molecular weight excluding hydrogens is 469 g/mol. The van der Waals surface area contributed by atoms with Gasteiger partial charge in [-0.25, -0.2) is 0 Å². The zero-order valence-electron chi connectivity index (χ0n) is 18.0. The van der Waals surface area contributed by atoms with Crippen LogP contribution in [0.25, 0.3) is 11.0 Å². The lowest BCUT2D eigenvalue weighted by Gasteiger charge is -2.26. The van der Waals surface area contributed by atoms with Crippen molar-refractivity contribution in [2.75, 3.05) is 45.3 Å². The van der Waals surface area contributed by atoms with Crippen LogP contribution in [0.4, 0.5) is 5.69 Å². The lowest BCUT2D eigenvalue weighted by atomic mass is 10.1. The minimum Gasteiger partial charge on any atom is -0.493 e. The van der Waals surface area contributed by atoms with Crippen molar-refractivity contribution in [2.24, 2.45) is 0 Å². The predicted octanol–water partition coefficient (Wildman–Crippen LogP) is 4.69. The average molecular weight is 492 g/mol. The first kappa shape index (κ1) is 23.5. The molecule has 0 aliphatic carbocycles. The second-order valence-electron chi connectivity index (χ2n) is 7.58. The molecule has 1 fully saturated rings. The van der Waals surface area contributed by atoms with Crippen molar-refractivity contribution in [3.8, 4) is 5.75 Å². The number of pyridine rings is 1. The van der Waals surface area contributed by atoms with Crippen LogP contribution in [-0.2, 0) is 4.74 Å². The number of hydrogen-bond donors (Lipinski definition) is 1. The number of benzene rings is 1. The fraction of sp³-hybridized carbons (Fsp3) is 0.348. The zero-order chi connectivity index (χ0) is 23.4. The number of fused-ring (bicyclic) bond motifs is 1. The van der Waals surface area contributed by atoms with Crippen molar-refractivity contribution in [1.82, 2.24) is 9.88 Å². The molecule has 1 aliphatic heterocycles. The monoisotopic (exact) mass is 491 g/mol. The number of carbonyl (C=O) groups excluding carboxylic acids is 2. The van der Waals surface area contributed by atoms with E-state index in [0.717, 1.165) is 32.8 Å². The van der Waals surface area contributed by atoms with Crippen molar-refractivity contribution >= 4 is 51.5 Å². The van der Waals surface area contributed by atoms with E-state index in [2.05, 4.69) is 15.2 Å². The second kappa shape index (κ2) is 10.5. The van der Waals surface area contributed by atoms with Gasteiger partial charge in [-0.3, -0.25) is 19.5 Å². The van der Waals surface area contributed by atoms with Crippen LogP contribution in [0.1, 0.15) is 33.8 Å². The maximum atomic E-state index is 13.0. The van der Waals surface area contributed by atoms with Gasteiger partial charge in [0, 0.05) is 37.3 Å². The summed E-state index contributed by atoms with van der Waals surface area (Å²) in [7, 11) is 1.50. The molecule has 10 heteroatoms. The number of methoxy groups -OCH3 is 1. The molecule has 174 valence electrons. The second-order valence-corrected chi connectivity index (χ2v) is 8.40. The largest absolute Gasteiger partial charge is 0.493 e. The molecule has 0 bridgehead atoms. The number of carbonyl (C=O) groups is 2. The minimum absolute atomic E-state index is 0.131. The van der Waals surface area contributed by atoms with Crippen molar-refractivity contribution in [2.45, 2.75) is 12.8 Å². The number of ether oxygens (including phenoxy) is 2. The standard InChI is InChI=1S/C23H23Cl2N3O5/c1-31-19-5-4-14(23(30)27-21-16(24)12-26-13-17(21)25)15-11-20(33-22(15)19)18(29)3-2-6-28-7-9-32-10-8-28/h4-5,11-13H,2-3,6-10H2,1H3,(H,26,27,30). The van der Waals surface area contributed by atoms with Gasteiger partial charge >= 0.3 is 0 Å². The van der Waals surface area contributed by atoms with Crippen LogP contribution in [-0.4, -0.2) is 61.5 Å². The Morgan fingerprint density at radius 1 is 1.18 bits per heavy atom. The number of anilines is 1. The quantitative estimate of drug-likeness (QED) is 0.456. The number of furan rings is 1. The van der Waals surface area contributed by atoms with Gasteiger partial charge in [0.25, 0.3) is 5.91 Å². The number of rotatable bonds is 8. The van der Waals surface area contributed by atoms with Crippen LogP contribution < -0.4 is 10.1 Å². The lowest BCUT2D eigenvalue weighted by Crippen LogP contribution is -2.36. The average Bonchev–Trinajstić information content (AvgIpc) is 3.27. The first-order valence-corrected chi connectivity index (χ1v) is 11.3. The van der Waals surface area contributed by atoms with Gasteiger partial charge in [0.1, 0.15) is 0 Å². The maximum absolute atomic E-state index is 13.0. The molecule has 8 nitrogen and oxygen atoms in total. The van der Waals surface area contributed by atoms with Gasteiger partial charge in [-0.15, -0.1) is 0 Å². The number of Topliss-reactive ketones (excluding diaryl/α,β-unsaturated/α-hetero) is 1. The summed E-state index contributed by atoms with van der Waals surface area (Å²) in [6.07, 6.45) is 3.82. The highest BCUT2D eigenvalue weighted by atomic mass is 35.5. The molecule has 1 aromatic carbocycles. The van der Waals surface area contributed by atoms with E-state index < -0.39 is 5.91 Å². The number of nitrogens with zero attached hydrogens (tertiary/aromatic N) is 2. The first-order chi connectivity index (χ1) is 16.0. The molecular formula is C23H23Cl2N3O5. The Bertz CT molecular complexity index is 1150. The molecule has 3 aromatic rings.